The van der Waals surface area contributed by atoms with Crippen molar-refractivity contribution in [3.05, 3.63) is 96.2 Å². The van der Waals surface area contributed by atoms with Gasteiger partial charge in [0.05, 0.1) is 4.90 Å². The van der Waals surface area contributed by atoms with Gasteiger partial charge in [0.2, 0.25) is 5.91 Å². The van der Waals surface area contributed by atoms with Gasteiger partial charge < -0.3 is 5.32 Å². The first-order valence-electron chi connectivity index (χ1n) is 10.7. The maximum Gasteiger partial charge on any atom is 0.263 e. The first-order chi connectivity index (χ1) is 15.9. The van der Waals surface area contributed by atoms with Crippen LogP contribution in [0.15, 0.2) is 90.0 Å². The van der Waals surface area contributed by atoms with Crippen molar-refractivity contribution in [3.8, 4) is 0 Å². The number of nitrogens with one attached hydrogen (secondary N) is 2. The average Bonchev–Trinajstić information content (AvgIpc) is 3.61. The molecule has 1 aliphatic rings. The molecule has 0 bridgehead atoms. The van der Waals surface area contributed by atoms with Crippen LogP contribution in [0.3, 0.4) is 0 Å². The van der Waals surface area contributed by atoms with Crippen LogP contribution in [0.4, 0.5) is 11.5 Å². The molecule has 6 nitrogen and oxygen atoms in total. The van der Waals surface area contributed by atoms with Crippen molar-refractivity contribution in [1.82, 2.24) is 4.98 Å². The molecule has 1 aromatic heterocycles. The second-order valence-electron chi connectivity index (χ2n) is 8.34. The van der Waals surface area contributed by atoms with Crippen LogP contribution in [0.25, 0.3) is 10.8 Å². The number of nitrogens with zero attached hydrogens (tertiary/aromatic N) is 1. The highest BCUT2D eigenvalue weighted by molar-refractivity contribution is 7.92. The lowest BCUT2D eigenvalue weighted by molar-refractivity contribution is -0.117. The number of benzene rings is 3. The van der Waals surface area contributed by atoms with E-state index in [9.17, 15) is 13.2 Å². The molecule has 0 spiro atoms. The van der Waals surface area contributed by atoms with E-state index in [2.05, 4.69) is 34.1 Å². The lowest BCUT2D eigenvalue weighted by Gasteiger charge is -2.09. The van der Waals surface area contributed by atoms with Crippen molar-refractivity contribution in [2.75, 3.05) is 10.0 Å². The number of pyridine rings is 1. The van der Waals surface area contributed by atoms with E-state index in [0.29, 0.717) is 0 Å². The second kappa shape index (κ2) is 8.33. The molecular weight excluding hydrogens is 434 g/mol. The Kier molecular flexibility index (Phi) is 5.34. The Hall–Kier alpha value is -3.71. The van der Waals surface area contributed by atoms with Crippen LogP contribution in [0.5, 0.6) is 0 Å². The number of amides is 1. The summed E-state index contributed by atoms with van der Waals surface area (Å²) in [6.45, 7) is 2.06. The molecule has 2 N–H and O–H groups in total. The fourth-order valence-electron chi connectivity index (χ4n) is 4.11. The summed E-state index contributed by atoms with van der Waals surface area (Å²) < 4.78 is 27.6. The highest BCUT2D eigenvalue weighted by atomic mass is 32.2. The van der Waals surface area contributed by atoms with Crippen molar-refractivity contribution < 1.29 is 13.2 Å². The number of carbonyl (C=O) groups is 1. The second-order valence-corrected chi connectivity index (χ2v) is 10.0. The minimum atomic E-state index is -3.72. The third-order valence-electron chi connectivity index (χ3n) is 6.02. The standard InChI is InChI=1S/C26H23N3O3S/c1-17-5-4-6-18-8-11-20(15-22(17)18)28-26(30)24-16-23(24)19-9-12-21(13-10-19)33(31,32)29-25-7-2-3-14-27-25/h2-15,23-24H,16H2,1H3,(H,27,29)(H,28,30)/t23?,24-/m1/s1. The molecule has 4 aromatic rings. The molecule has 1 heterocycles. The number of sulfonamides is 1. The Morgan fingerprint density at radius 1 is 0.970 bits per heavy atom. The first-order valence-corrected chi connectivity index (χ1v) is 12.2. The number of aryl methyl sites for hydroxylation is 1. The first kappa shape index (κ1) is 21.2. The number of rotatable bonds is 6. The smallest absolute Gasteiger partial charge is 0.263 e. The molecular formula is C26H23N3O3S. The maximum absolute atomic E-state index is 12.8. The molecule has 1 saturated carbocycles. The van der Waals surface area contributed by atoms with E-state index in [-0.39, 0.29) is 28.5 Å². The fraction of sp³-hybridized carbons (Fsp3) is 0.154. The van der Waals surface area contributed by atoms with Crippen LogP contribution >= 0.6 is 0 Å². The minimum absolute atomic E-state index is 0.0125. The molecule has 5 rings (SSSR count). The zero-order valence-electron chi connectivity index (χ0n) is 18.0. The SMILES string of the molecule is Cc1cccc2ccc(NC(=O)[C@@H]3CC3c3ccc(S(=O)(=O)Nc4ccccn4)cc3)cc12. The van der Waals surface area contributed by atoms with Gasteiger partial charge in [-0.05, 0) is 77.6 Å². The molecule has 0 radical (unpaired) electrons. The van der Waals surface area contributed by atoms with Gasteiger partial charge in [-0.2, -0.15) is 0 Å². The molecule has 166 valence electrons. The molecule has 1 amide bonds. The van der Waals surface area contributed by atoms with Crippen molar-refractivity contribution >= 4 is 38.2 Å². The zero-order chi connectivity index (χ0) is 23.0. The molecule has 2 atom stereocenters. The predicted octanol–water partition coefficient (Wildman–Crippen LogP) is 5.09. The molecule has 7 heteroatoms. The van der Waals surface area contributed by atoms with Crippen LogP contribution in [0.1, 0.15) is 23.5 Å². The highest BCUT2D eigenvalue weighted by Gasteiger charge is 2.44. The van der Waals surface area contributed by atoms with E-state index in [1.165, 1.54) is 11.8 Å². The van der Waals surface area contributed by atoms with Gasteiger partial charge in [-0.15, -0.1) is 0 Å². The maximum atomic E-state index is 12.8. The quantitative estimate of drug-likeness (QED) is 0.422. The molecule has 1 fully saturated rings. The van der Waals surface area contributed by atoms with E-state index < -0.39 is 10.0 Å². The Labute approximate surface area is 192 Å². The molecule has 33 heavy (non-hydrogen) atoms. The van der Waals surface area contributed by atoms with Gasteiger partial charge in [-0.1, -0.05) is 42.5 Å². The van der Waals surface area contributed by atoms with Crippen LogP contribution in [-0.4, -0.2) is 19.3 Å². The van der Waals surface area contributed by atoms with E-state index in [4.69, 9.17) is 0 Å². The number of aromatic nitrogens is 1. The van der Waals surface area contributed by atoms with E-state index in [1.54, 1.807) is 42.5 Å². The number of anilines is 2. The normalized spacial score (nSPS) is 17.5. The van der Waals surface area contributed by atoms with Gasteiger partial charge in [0.15, 0.2) is 0 Å². The third-order valence-corrected chi connectivity index (χ3v) is 7.39. The summed E-state index contributed by atoms with van der Waals surface area (Å²) in [4.78, 5) is 16.9. The summed E-state index contributed by atoms with van der Waals surface area (Å²) in [5.74, 6) is 0.227. The summed E-state index contributed by atoms with van der Waals surface area (Å²) in [7, 11) is -3.72. The summed E-state index contributed by atoms with van der Waals surface area (Å²) in [5.41, 5.74) is 2.91. The summed E-state index contributed by atoms with van der Waals surface area (Å²) in [6, 6.07) is 23.8. The Morgan fingerprint density at radius 3 is 2.55 bits per heavy atom. The minimum Gasteiger partial charge on any atom is -0.326 e. The van der Waals surface area contributed by atoms with E-state index >= 15 is 0 Å². The molecule has 0 aliphatic heterocycles. The van der Waals surface area contributed by atoms with Crippen molar-refractivity contribution in [2.24, 2.45) is 5.92 Å². The molecule has 1 unspecified atom stereocenters. The van der Waals surface area contributed by atoms with Crippen LogP contribution in [0.2, 0.25) is 0 Å². The molecule has 0 saturated heterocycles. The molecule has 1 aliphatic carbocycles. The van der Waals surface area contributed by atoms with Gasteiger partial charge in [-0.3, -0.25) is 9.52 Å². The van der Waals surface area contributed by atoms with Gasteiger partial charge >= 0.3 is 0 Å². The van der Waals surface area contributed by atoms with Crippen LogP contribution in [-0.2, 0) is 14.8 Å². The predicted molar refractivity (Wildman–Crippen MR) is 130 cm³/mol. The van der Waals surface area contributed by atoms with Gasteiger partial charge in [0.25, 0.3) is 10.0 Å². The lowest BCUT2D eigenvalue weighted by Crippen LogP contribution is -2.15. The average molecular weight is 458 g/mol. The Bertz CT molecular complexity index is 1440. The fourth-order valence-corrected chi connectivity index (χ4v) is 5.12. The van der Waals surface area contributed by atoms with Crippen LogP contribution < -0.4 is 10.0 Å². The lowest BCUT2D eigenvalue weighted by atomic mass is 10.0. The number of carbonyl (C=O) groups excluding carboxylic acids is 1. The summed E-state index contributed by atoms with van der Waals surface area (Å²) >= 11 is 0. The Morgan fingerprint density at radius 2 is 1.79 bits per heavy atom. The monoisotopic (exact) mass is 457 g/mol. The Balaban J connectivity index is 1.25. The van der Waals surface area contributed by atoms with Crippen molar-refractivity contribution in [1.29, 1.82) is 0 Å². The topological polar surface area (TPSA) is 88.2 Å². The largest absolute Gasteiger partial charge is 0.326 e. The summed E-state index contributed by atoms with van der Waals surface area (Å²) in [5, 5.41) is 5.30. The van der Waals surface area contributed by atoms with Gasteiger partial charge in [-0.25, -0.2) is 13.4 Å². The number of hydrogen-bond donors (Lipinski definition) is 2. The van der Waals surface area contributed by atoms with Crippen LogP contribution in [0, 0.1) is 12.8 Å². The van der Waals surface area contributed by atoms with Gasteiger partial charge in [0, 0.05) is 17.8 Å². The third kappa shape index (κ3) is 4.45. The summed E-state index contributed by atoms with van der Waals surface area (Å²) in [6.07, 6.45) is 2.27. The van der Waals surface area contributed by atoms with Gasteiger partial charge in [0.1, 0.15) is 5.82 Å². The number of fused-ring (bicyclic) bond motifs is 1. The zero-order valence-corrected chi connectivity index (χ0v) is 18.8. The van der Waals surface area contributed by atoms with Crippen molar-refractivity contribution in [2.45, 2.75) is 24.2 Å². The van der Waals surface area contributed by atoms with E-state index in [0.717, 1.165) is 28.4 Å². The molecule has 3 aromatic carbocycles. The van der Waals surface area contributed by atoms with E-state index in [1.807, 2.05) is 24.3 Å². The number of hydrogen-bond acceptors (Lipinski definition) is 4. The van der Waals surface area contributed by atoms with Crippen molar-refractivity contribution in [3.63, 3.8) is 0 Å². The highest BCUT2D eigenvalue weighted by Crippen LogP contribution is 2.48.